The Kier molecular flexibility index (Phi) is 5.70. The maximum absolute atomic E-state index is 12.9. The smallest absolute Gasteiger partial charge is 0.298 e. The van der Waals surface area contributed by atoms with Gasteiger partial charge in [-0.15, -0.1) is 0 Å². The highest BCUT2D eigenvalue weighted by molar-refractivity contribution is 7.86. The summed E-state index contributed by atoms with van der Waals surface area (Å²) in [4.78, 5) is 14.5. The van der Waals surface area contributed by atoms with Crippen LogP contribution >= 0.6 is 0 Å². The number of rotatable bonds is 5. The number of nitrogens with zero attached hydrogens (tertiary/aromatic N) is 1. The summed E-state index contributed by atoms with van der Waals surface area (Å²) >= 11 is 0. The summed E-state index contributed by atoms with van der Waals surface area (Å²) in [7, 11) is -4.09. The number of hydrogen-bond donors (Lipinski definition) is 0. The third kappa shape index (κ3) is 4.30. The van der Waals surface area contributed by atoms with E-state index in [9.17, 15) is 13.2 Å². The van der Waals surface area contributed by atoms with Gasteiger partial charge in [0.15, 0.2) is 6.10 Å². The molecule has 2 aromatic rings. The number of ether oxygens (including phenoxy) is 1. The van der Waals surface area contributed by atoms with Crippen molar-refractivity contribution in [3.63, 3.8) is 0 Å². The van der Waals surface area contributed by atoms with Gasteiger partial charge in [-0.3, -0.25) is 4.79 Å². The molecule has 2 aromatic carbocycles. The van der Waals surface area contributed by atoms with Crippen LogP contribution in [0.25, 0.3) is 0 Å². The summed E-state index contributed by atoms with van der Waals surface area (Å²) in [6, 6.07) is 15.0. The van der Waals surface area contributed by atoms with Gasteiger partial charge in [0.1, 0.15) is 0 Å². The van der Waals surface area contributed by atoms with Crippen molar-refractivity contribution in [2.24, 2.45) is 0 Å². The fraction of sp³-hybridized carbons (Fsp3) is 0.316. The second-order valence-corrected chi connectivity index (χ2v) is 7.66. The highest BCUT2D eigenvalue weighted by atomic mass is 32.2. The van der Waals surface area contributed by atoms with Gasteiger partial charge in [-0.2, -0.15) is 8.42 Å². The van der Waals surface area contributed by atoms with Crippen LogP contribution in [0.5, 0.6) is 0 Å². The van der Waals surface area contributed by atoms with Crippen molar-refractivity contribution < 1.29 is 22.1 Å². The molecule has 3 rings (SSSR count). The van der Waals surface area contributed by atoms with Gasteiger partial charge >= 0.3 is 0 Å². The minimum Gasteiger partial charge on any atom is -0.378 e. The molecule has 1 atom stereocenters. The van der Waals surface area contributed by atoms with Gasteiger partial charge in [0.2, 0.25) is 0 Å². The van der Waals surface area contributed by atoms with Crippen LogP contribution in [0.1, 0.15) is 17.2 Å². The van der Waals surface area contributed by atoms with Crippen LogP contribution in [0, 0.1) is 6.92 Å². The van der Waals surface area contributed by atoms with Crippen molar-refractivity contribution in [1.82, 2.24) is 4.90 Å². The molecule has 1 unspecified atom stereocenters. The molecule has 0 aromatic heterocycles. The highest BCUT2D eigenvalue weighted by Gasteiger charge is 2.33. The molecule has 0 spiro atoms. The van der Waals surface area contributed by atoms with Gasteiger partial charge < -0.3 is 9.64 Å². The van der Waals surface area contributed by atoms with Crippen molar-refractivity contribution in [2.45, 2.75) is 17.9 Å². The fourth-order valence-corrected chi connectivity index (χ4v) is 3.73. The van der Waals surface area contributed by atoms with Crippen LogP contribution in [0.3, 0.4) is 0 Å². The molecular formula is C19H21NO5S. The average Bonchev–Trinajstić information content (AvgIpc) is 2.67. The first-order chi connectivity index (χ1) is 12.5. The minimum atomic E-state index is -4.09. The van der Waals surface area contributed by atoms with Crippen molar-refractivity contribution in [1.29, 1.82) is 0 Å². The van der Waals surface area contributed by atoms with Gasteiger partial charge in [0.05, 0.1) is 18.1 Å². The molecule has 0 N–H and O–H groups in total. The lowest BCUT2D eigenvalue weighted by molar-refractivity contribution is -0.143. The number of aryl methyl sites for hydroxylation is 1. The second-order valence-electron chi connectivity index (χ2n) is 6.09. The monoisotopic (exact) mass is 375 g/mol. The molecule has 138 valence electrons. The Morgan fingerprint density at radius 1 is 1.04 bits per heavy atom. The molecular weight excluding hydrogens is 354 g/mol. The minimum absolute atomic E-state index is 0.0267. The molecule has 1 fully saturated rings. The van der Waals surface area contributed by atoms with E-state index in [2.05, 4.69) is 0 Å². The largest absolute Gasteiger partial charge is 0.378 e. The summed E-state index contributed by atoms with van der Waals surface area (Å²) in [5.74, 6) is -0.379. The zero-order valence-electron chi connectivity index (χ0n) is 14.5. The highest BCUT2D eigenvalue weighted by Crippen LogP contribution is 2.26. The molecule has 1 saturated heterocycles. The number of morpholine rings is 1. The predicted octanol–water partition coefficient (Wildman–Crippen LogP) is 2.30. The zero-order valence-corrected chi connectivity index (χ0v) is 15.3. The standard InChI is InChI=1S/C19H21NO5S/c1-15-7-9-17(10-8-15)26(22,23)25-18(16-5-3-2-4-6-16)19(21)20-11-13-24-14-12-20/h2-10,18H,11-14H2,1H3. The number of carbonyl (C=O) groups excluding carboxylic acids is 1. The van der Waals surface area contributed by atoms with E-state index in [1.807, 2.05) is 6.92 Å². The molecule has 0 bridgehead atoms. The number of benzene rings is 2. The lowest BCUT2D eigenvalue weighted by atomic mass is 10.1. The molecule has 1 aliphatic rings. The number of carbonyl (C=O) groups is 1. The van der Waals surface area contributed by atoms with Gasteiger partial charge in [0, 0.05) is 13.1 Å². The molecule has 1 aliphatic heterocycles. The molecule has 0 saturated carbocycles. The van der Waals surface area contributed by atoms with E-state index < -0.39 is 16.2 Å². The molecule has 1 amide bonds. The number of amides is 1. The maximum Gasteiger partial charge on any atom is 0.298 e. The van der Waals surface area contributed by atoms with E-state index >= 15 is 0 Å². The summed E-state index contributed by atoms with van der Waals surface area (Å²) < 4.78 is 36.1. The Balaban J connectivity index is 1.90. The Morgan fingerprint density at radius 2 is 1.65 bits per heavy atom. The van der Waals surface area contributed by atoms with E-state index in [1.165, 1.54) is 12.1 Å². The molecule has 0 aliphatic carbocycles. The molecule has 6 nitrogen and oxygen atoms in total. The van der Waals surface area contributed by atoms with E-state index in [0.717, 1.165) is 5.56 Å². The van der Waals surface area contributed by atoms with Crippen LogP contribution < -0.4 is 0 Å². The summed E-state index contributed by atoms with van der Waals surface area (Å²) in [6.07, 6.45) is -1.22. The van der Waals surface area contributed by atoms with Crippen molar-refractivity contribution in [3.8, 4) is 0 Å². The first-order valence-electron chi connectivity index (χ1n) is 8.39. The quantitative estimate of drug-likeness (QED) is 0.750. The van der Waals surface area contributed by atoms with Gasteiger partial charge in [-0.05, 0) is 24.6 Å². The third-order valence-electron chi connectivity index (χ3n) is 4.18. The molecule has 7 heteroatoms. The number of hydrogen-bond acceptors (Lipinski definition) is 5. The predicted molar refractivity (Wildman–Crippen MR) is 96.0 cm³/mol. The van der Waals surface area contributed by atoms with E-state index in [1.54, 1.807) is 47.4 Å². The Labute approximate surface area is 153 Å². The van der Waals surface area contributed by atoms with Gasteiger partial charge in [-0.25, -0.2) is 4.18 Å². The lowest BCUT2D eigenvalue weighted by Gasteiger charge is -2.30. The second kappa shape index (κ2) is 7.99. The topological polar surface area (TPSA) is 72.9 Å². The first-order valence-corrected chi connectivity index (χ1v) is 9.80. The van der Waals surface area contributed by atoms with E-state index in [4.69, 9.17) is 8.92 Å². The SMILES string of the molecule is Cc1ccc(S(=O)(=O)OC(C(=O)N2CCOCC2)c2ccccc2)cc1. The summed E-state index contributed by atoms with van der Waals surface area (Å²) in [6.45, 7) is 3.55. The molecule has 1 heterocycles. The summed E-state index contributed by atoms with van der Waals surface area (Å²) in [5.41, 5.74) is 1.44. The van der Waals surface area contributed by atoms with Crippen LogP contribution in [-0.2, 0) is 23.8 Å². The third-order valence-corrected chi connectivity index (χ3v) is 5.48. The Bertz CT molecular complexity index is 843. The average molecular weight is 375 g/mol. The first kappa shape index (κ1) is 18.6. The normalized spacial score (nSPS) is 16.3. The van der Waals surface area contributed by atoms with Crippen molar-refractivity contribution in [3.05, 3.63) is 65.7 Å². The van der Waals surface area contributed by atoms with Gasteiger partial charge in [-0.1, -0.05) is 48.0 Å². The van der Waals surface area contributed by atoms with Crippen molar-refractivity contribution >= 4 is 16.0 Å². The van der Waals surface area contributed by atoms with E-state index in [0.29, 0.717) is 31.9 Å². The van der Waals surface area contributed by atoms with Crippen LogP contribution in [0.15, 0.2) is 59.5 Å². The van der Waals surface area contributed by atoms with Crippen LogP contribution in [-0.4, -0.2) is 45.5 Å². The fourth-order valence-electron chi connectivity index (χ4n) is 2.70. The van der Waals surface area contributed by atoms with Gasteiger partial charge in [0.25, 0.3) is 16.0 Å². The van der Waals surface area contributed by atoms with Crippen LogP contribution in [0.2, 0.25) is 0 Å². The molecule has 26 heavy (non-hydrogen) atoms. The van der Waals surface area contributed by atoms with Crippen LogP contribution in [0.4, 0.5) is 0 Å². The maximum atomic E-state index is 12.9. The Hall–Kier alpha value is -2.22. The Morgan fingerprint density at radius 3 is 2.27 bits per heavy atom. The van der Waals surface area contributed by atoms with Crippen molar-refractivity contribution in [2.75, 3.05) is 26.3 Å². The molecule has 0 radical (unpaired) electrons. The lowest BCUT2D eigenvalue weighted by Crippen LogP contribution is -2.44. The zero-order chi connectivity index (χ0) is 18.6. The summed E-state index contributed by atoms with van der Waals surface area (Å²) in [5, 5.41) is 0. The van der Waals surface area contributed by atoms with E-state index in [-0.39, 0.29) is 10.8 Å².